The highest BCUT2D eigenvalue weighted by atomic mass is 16.5. The summed E-state index contributed by atoms with van der Waals surface area (Å²) in [6, 6.07) is 0. The summed E-state index contributed by atoms with van der Waals surface area (Å²) >= 11 is 0. The number of aliphatic hydroxyl groups excluding tert-OH is 1. The van der Waals surface area contributed by atoms with Crippen LogP contribution in [0.25, 0.3) is 0 Å². The maximum Gasteiger partial charge on any atom is 0.311 e. The van der Waals surface area contributed by atoms with Gasteiger partial charge in [0.25, 0.3) is 0 Å². The quantitative estimate of drug-likeness (QED) is 0.518. The zero-order valence-corrected chi connectivity index (χ0v) is 8.45. The number of nitrogens with one attached hydrogen (secondary N) is 1. The van der Waals surface area contributed by atoms with Crippen molar-refractivity contribution in [3.63, 3.8) is 0 Å². The van der Waals surface area contributed by atoms with E-state index in [-0.39, 0.29) is 13.2 Å². The van der Waals surface area contributed by atoms with E-state index in [1.54, 1.807) is 0 Å². The molecule has 82 valence electrons. The molecular weight excluding hydrogens is 188 g/mol. The first-order chi connectivity index (χ1) is 6.63. The highest BCUT2D eigenvalue weighted by Gasteiger charge is 2.17. The number of carbonyl (C=O) groups excluding carboxylic acids is 2. The summed E-state index contributed by atoms with van der Waals surface area (Å²) in [4.78, 5) is 23.5. The van der Waals surface area contributed by atoms with E-state index in [1.807, 2.05) is 0 Å². The van der Waals surface area contributed by atoms with Crippen LogP contribution >= 0.6 is 0 Å². The molecule has 0 aliphatic heterocycles. The molecule has 0 aromatic carbocycles. The van der Waals surface area contributed by atoms with E-state index in [4.69, 9.17) is 9.84 Å². The van der Waals surface area contributed by atoms with Gasteiger partial charge >= 0.3 is 11.8 Å². The summed E-state index contributed by atoms with van der Waals surface area (Å²) < 4.78 is 4.76. The second-order valence-electron chi connectivity index (χ2n) is 2.70. The second-order valence-corrected chi connectivity index (χ2v) is 2.70. The molecule has 0 aliphatic carbocycles. The van der Waals surface area contributed by atoms with E-state index in [1.165, 1.54) is 19.1 Å². The summed E-state index contributed by atoms with van der Waals surface area (Å²) in [5.74, 6) is -1.34. The molecule has 2 N–H and O–H groups in total. The van der Waals surface area contributed by atoms with Crippen LogP contribution in [0.1, 0.15) is 0 Å². The maximum atomic E-state index is 11.2. The van der Waals surface area contributed by atoms with Crippen LogP contribution in [0, 0.1) is 0 Å². The van der Waals surface area contributed by atoms with E-state index in [0.717, 1.165) is 0 Å². The van der Waals surface area contributed by atoms with Crippen LogP contribution in [-0.2, 0) is 14.3 Å². The van der Waals surface area contributed by atoms with Crippen LogP contribution < -0.4 is 5.32 Å². The van der Waals surface area contributed by atoms with Gasteiger partial charge in [-0.1, -0.05) is 0 Å². The smallest absolute Gasteiger partial charge is 0.311 e. The molecule has 0 saturated carbocycles. The lowest BCUT2D eigenvalue weighted by molar-refractivity contribution is -0.145. The number of nitrogens with zero attached hydrogens (tertiary/aromatic N) is 1. The molecule has 0 rings (SSSR count). The van der Waals surface area contributed by atoms with Crippen LogP contribution in [0.15, 0.2) is 0 Å². The minimum atomic E-state index is -0.711. The Labute approximate surface area is 82.8 Å². The van der Waals surface area contributed by atoms with Crippen molar-refractivity contribution in [3.05, 3.63) is 0 Å². The van der Waals surface area contributed by atoms with E-state index in [2.05, 4.69) is 5.32 Å². The Hall–Kier alpha value is -1.14. The fraction of sp³-hybridized carbons (Fsp3) is 0.750. The number of aliphatic hydroxyl groups is 1. The third kappa shape index (κ3) is 4.78. The summed E-state index contributed by atoms with van der Waals surface area (Å²) in [5.41, 5.74) is 0. The molecular formula is C8H16N2O4. The van der Waals surface area contributed by atoms with Crippen molar-refractivity contribution in [2.75, 3.05) is 40.5 Å². The molecule has 6 heteroatoms. The molecule has 2 amide bonds. The van der Waals surface area contributed by atoms with E-state index < -0.39 is 11.8 Å². The topological polar surface area (TPSA) is 78.9 Å². The number of hydrogen-bond acceptors (Lipinski definition) is 4. The number of rotatable bonds is 5. The monoisotopic (exact) mass is 204 g/mol. The molecule has 0 unspecified atom stereocenters. The predicted octanol–water partition coefficient (Wildman–Crippen LogP) is -1.80. The molecule has 6 nitrogen and oxygen atoms in total. The molecule has 0 aromatic rings. The highest BCUT2D eigenvalue weighted by Crippen LogP contribution is 1.85. The zero-order valence-electron chi connectivity index (χ0n) is 8.45. The minimum absolute atomic E-state index is 0.0860. The molecule has 0 bridgehead atoms. The summed E-state index contributed by atoms with van der Waals surface area (Å²) in [6.45, 7) is 0.654. The van der Waals surface area contributed by atoms with Gasteiger partial charge in [-0.2, -0.15) is 0 Å². The van der Waals surface area contributed by atoms with Gasteiger partial charge in [-0.3, -0.25) is 9.59 Å². The molecule has 0 fully saturated rings. The van der Waals surface area contributed by atoms with Gasteiger partial charge in [0.2, 0.25) is 0 Å². The van der Waals surface area contributed by atoms with Crippen molar-refractivity contribution >= 4 is 11.8 Å². The first-order valence-corrected chi connectivity index (χ1v) is 4.26. The third-order valence-electron chi connectivity index (χ3n) is 1.57. The molecule has 14 heavy (non-hydrogen) atoms. The van der Waals surface area contributed by atoms with Gasteiger partial charge in [0, 0.05) is 27.2 Å². The predicted molar refractivity (Wildman–Crippen MR) is 49.6 cm³/mol. The molecule has 0 heterocycles. The number of amides is 2. The number of ether oxygens (including phenoxy) is 1. The minimum Gasteiger partial charge on any atom is -0.395 e. The van der Waals surface area contributed by atoms with Crippen molar-refractivity contribution in [1.29, 1.82) is 0 Å². The van der Waals surface area contributed by atoms with Crippen molar-refractivity contribution in [2.24, 2.45) is 0 Å². The molecule has 0 atom stereocenters. The lowest BCUT2D eigenvalue weighted by Gasteiger charge is -2.15. The lowest BCUT2D eigenvalue weighted by atomic mass is 10.4. The van der Waals surface area contributed by atoms with Crippen molar-refractivity contribution in [3.8, 4) is 0 Å². The molecule has 0 saturated heterocycles. The van der Waals surface area contributed by atoms with Crippen LogP contribution in [0.3, 0.4) is 0 Å². The lowest BCUT2D eigenvalue weighted by Crippen LogP contribution is -2.43. The Bertz CT molecular complexity index is 196. The maximum absolute atomic E-state index is 11.2. The van der Waals surface area contributed by atoms with Crippen LogP contribution in [0.2, 0.25) is 0 Å². The van der Waals surface area contributed by atoms with E-state index in [0.29, 0.717) is 13.2 Å². The Balaban J connectivity index is 3.85. The van der Waals surface area contributed by atoms with E-state index >= 15 is 0 Å². The number of likely N-dealkylation sites (N-methyl/N-ethyl adjacent to an activating group) is 1. The van der Waals surface area contributed by atoms with Gasteiger partial charge in [0.1, 0.15) is 0 Å². The average molecular weight is 204 g/mol. The first-order valence-electron chi connectivity index (χ1n) is 4.26. The van der Waals surface area contributed by atoms with Crippen LogP contribution in [0.4, 0.5) is 0 Å². The Morgan fingerprint density at radius 1 is 1.50 bits per heavy atom. The molecule has 0 radical (unpaired) electrons. The van der Waals surface area contributed by atoms with Crippen molar-refractivity contribution in [1.82, 2.24) is 10.2 Å². The van der Waals surface area contributed by atoms with Gasteiger partial charge < -0.3 is 20.1 Å². The van der Waals surface area contributed by atoms with Gasteiger partial charge in [0.15, 0.2) is 0 Å². The van der Waals surface area contributed by atoms with Crippen LogP contribution in [0.5, 0.6) is 0 Å². The summed E-state index contributed by atoms with van der Waals surface area (Å²) in [6.07, 6.45) is 0. The normalized spacial score (nSPS) is 9.64. The largest absolute Gasteiger partial charge is 0.395 e. The Morgan fingerprint density at radius 3 is 2.64 bits per heavy atom. The van der Waals surface area contributed by atoms with Gasteiger partial charge in [-0.15, -0.1) is 0 Å². The summed E-state index contributed by atoms with van der Waals surface area (Å²) in [5, 5.41) is 10.7. The zero-order chi connectivity index (χ0) is 11.0. The van der Waals surface area contributed by atoms with Crippen molar-refractivity contribution in [2.45, 2.75) is 0 Å². The molecule has 0 aliphatic rings. The van der Waals surface area contributed by atoms with Crippen molar-refractivity contribution < 1.29 is 19.4 Å². The first kappa shape index (κ1) is 12.9. The fourth-order valence-corrected chi connectivity index (χ4v) is 0.748. The summed E-state index contributed by atoms with van der Waals surface area (Å²) in [7, 11) is 3.03. The number of methoxy groups -OCH3 is 1. The van der Waals surface area contributed by atoms with Gasteiger partial charge in [0.05, 0.1) is 13.2 Å². The number of carbonyl (C=O) groups is 2. The van der Waals surface area contributed by atoms with Gasteiger partial charge in [-0.05, 0) is 0 Å². The highest BCUT2D eigenvalue weighted by molar-refractivity contribution is 6.34. The third-order valence-corrected chi connectivity index (χ3v) is 1.57. The van der Waals surface area contributed by atoms with Crippen LogP contribution in [-0.4, -0.2) is 62.3 Å². The average Bonchev–Trinajstić information content (AvgIpc) is 2.21. The SMILES string of the molecule is COCCN(C)C(=O)C(=O)NCCO. The van der Waals surface area contributed by atoms with Gasteiger partial charge in [-0.25, -0.2) is 0 Å². The second kappa shape index (κ2) is 7.28. The fourth-order valence-electron chi connectivity index (χ4n) is 0.748. The standard InChI is InChI=1S/C8H16N2O4/c1-10(4-6-14-2)8(13)7(12)9-3-5-11/h11H,3-6H2,1-2H3,(H,9,12). The Morgan fingerprint density at radius 2 is 2.14 bits per heavy atom. The Kier molecular flexibility index (Phi) is 6.69. The molecule has 0 aromatic heterocycles. The molecule has 0 spiro atoms. The number of hydrogen-bond donors (Lipinski definition) is 2. The van der Waals surface area contributed by atoms with E-state index in [9.17, 15) is 9.59 Å².